The number of nitrogens with zero attached hydrogens (tertiary/aromatic N) is 2. The summed E-state index contributed by atoms with van der Waals surface area (Å²) in [5.74, 6) is -4.13. The highest BCUT2D eigenvalue weighted by atomic mass is 32.2. The SMILES string of the molecule is O=C(O)C(F)(F)F.O=C(O)c1cc(NS(=O)(=O)c2ccc(F)cc2)cnc1N1CCCCCCC1. The molecule has 0 amide bonds. The molecular formula is C21H23F4N3O6S. The molecule has 0 atom stereocenters. The topological polar surface area (TPSA) is 137 Å². The van der Waals surface area contributed by atoms with E-state index in [1.807, 2.05) is 4.90 Å². The van der Waals surface area contributed by atoms with Crippen LogP contribution in [0.3, 0.4) is 0 Å². The zero-order valence-electron chi connectivity index (χ0n) is 18.3. The summed E-state index contributed by atoms with van der Waals surface area (Å²) >= 11 is 0. The Bertz CT molecular complexity index is 1130. The Kier molecular flexibility index (Phi) is 9.40. The van der Waals surface area contributed by atoms with Gasteiger partial charge in [-0.25, -0.2) is 27.4 Å². The molecule has 2 aromatic rings. The first kappa shape index (κ1) is 27.8. The molecule has 2 heterocycles. The highest BCUT2D eigenvalue weighted by Crippen LogP contribution is 2.25. The predicted octanol–water partition coefficient (Wildman–Crippen LogP) is 4.12. The lowest BCUT2D eigenvalue weighted by Crippen LogP contribution is -2.29. The van der Waals surface area contributed by atoms with Gasteiger partial charge in [0.1, 0.15) is 17.2 Å². The fraction of sp³-hybridized carbons (Fsp3) is 0.381. The molecule has 192 valence electrons. The summed E-state index contributed by atoms with van der Waals surface area (Å²) in [5, 5.41) is 16.7. The van der Waals surface area contributed by atoms with E-state index in [4.69, 9.17) is 9.90 Å². The third-order valence-corrected chi connectivity index (χ3v) is 6.27. The second-order valence-electron chi connectivity index (χ2n) is 7.52. The third kappa shape index (κ3) is 8.38. The molecule has 1 aromatic carbocycles. The lowest BCUT2D eigenvalue weighted by Gasteiger charge is -2.27. The number of hydrogen-bond donors (Lipinski definition) is 3. The summed E-state index contributed by atoms with van der Waals surface area (Å²) in [4.78, 5) is 26.7. The molecule has 0 spiro atoms. The van der Waals surface area contributed by atoms with Crippen molar-refractivity contribution < 1.29 is 45.8 Å². The molecule has 1 aromatic heterocycles. The molecule has 3 N–H and O–H groups in total. The molecule has 0 aliphatic carbocycles. The Hall–Kier alpha value is -3.42. The van der Waals surface area contributed by atoms with Gasteiger partial charge in [-0.3, -0.25) is 4.72 Å². The average Bonchev–Trinajstić information content (AvgIpc) is 2.73. The molecule has 1 aliphatic rings. The Morgan fingerprint density at radius 1 is 0.971 bits per heavy atom. The maximum absolute atomic E-state index is 13.0. The quantitative estimate of drug-likeness (QED) is 0.500. The summed E-state index contributed by atoms with van der Waals surface area (Å²) in [6, 6.07) is 5.63. The van der Waals surface area contributed by atoms with Crippen LogP contribution in [0.25, 0.3) is 0 Å². The summed E-state index contributed by atoms with van der Waals surface area (Å²) in [7, 11) is -3.98. The number of carboxylic acid groups (broad SMARTS) is 2. The van der Waals surface area contributed by atoms with Gasteiger partial charge in [-0.2, -0.15) is 13.2 Å². The number of benzene rings is 1. The zero-order chi connectivity index (χ0) is 26.2. The minimum Gasteiger partial charge on any atom is -0.478 e. The van der Waals surface area contributed by atoms with Gasteiger partial charge in [-0.15, -0.1) is 0 Å². The van der Waals surface area contributed by atoms with Crippen LogP contribution in [-0.2, 0) is 14.8 Å². The van der Waals surface area contributed by atoms with Gasteiger partial charge in [0, 0.05) is 13.1 Å². The fourth-order valence-electron chi connectivity index (χ4n) is 3.21. The van der Waals surface area contributed by atoms with Gasteiger partial charge in [0.15, 0.2) is 0 Å². The van der Waals surface area contributed by atoms with Crippen molar-refractivity contribution in [2.45, 2.75) is 43.2 Å². The molecule has 14 heteroatoms. The number of hydrogen-bond acceptors (Lipinski definition) is 6. The van der Waals surface area contributed by atoms with Crippen LogP contribution in [0.4, 0.5) is 29.1 Å². The number of rotatable bonds is 5. The van der Waals surface area contributed by atoms with Gasteiger partial charge in [-0.1, -0.05) is 19.3 Å². The molecule has 3 rings (SSSR count). The van der Waals surface area contributed by atoms with Crippen LogP contribution in [0, 0.1) is 5.82 Å². The lowest BCUT2D eigenvalue weighted by atomic mass is 10.1. The summed E-state index contributed by atoms with van der Waals surface area (Å²) in [6.07, 6.45) is 1.50. The fourth-order valence-corrected chi connectivity index (χ4v) is 4.24. The molecule has 9 nitrogen and oxygen atoms in total. The van der Waals surface area contributed by atoms with Crippen LogP contribution >= 0.6 is 0 Å². The van der Waals surface area contributed by atoms with Crippen LogP contribution in [-0.4, -0.2) is 54.8 Å². The molecule has 0 radical (unpaired) electrons. The smallest absolute Gasteiger partial charge is 0.478 e. The van der Waals surface area contributed by atoms with Crippen LogP contribution in [0.2, 0.25) is 0 Å². The van der Waals surface area contributed by atoms with Gasteiger partial charge in [0.25, 0.3) is 10.0 Å². The number of carbonyl (C=O) groups is 2. The second-order valence-corrected chi connectivity index (χ2v) is 9.20. The van der Waals surface area contributed by atoms with E-state index in [1.54, 1.807) is 0 Å². The van der Waals surface area contributed by atoms with Gasteiger partial charge < -0.3 is 15.1 Å². The maximum atomic E-state index is 13.0. The minimum atomic E-state index is -5.08. The van der Waals surface area contributed by atoms with E-state index in [2.05, 4.69) is 9.71 Å². The molecule has 1 fully saturated rings. The Labute approximate surface area is 198 Å². The highest BCUT2D eigenvalue weighted by molar-refractivity contribution is 7.92. The zero-order valence-corrected chi connectivity index (χ0v) is 19.1. The van der Waals surface area contributed by atoms with Crippen molar-refractivity contribution >= 4 is 33.5 Å². The number of sulfonamides is 1. The third-order valence-electron chi connectivity index (χ3n) is 4.87. The van der Waals surface area contributed by atoms with Crippen molar-refractivity contribution in [3.63, 3.8) is 0 Å². The first-order valence-electron chi connectivity index (χ1n) is 10.4. The van der Waals surface area contributed by atoms with Crippen LogP contribution in [0.15, 0.2) is 41.4 Å². The van der Waals surface area contributed by atoms with E-state index in [1.165, 1.54) is 18.7 Å². The van der Waals surface area contributed by atoms with Crippen molar-refractivity contribution in [2.75, 3.05) is 22.7 Å². The largest absolute Gasteiger partial charge is 0.490 e. The Balaban J connectivity index is 0.000000540. The van der Waals surface area contributed by atoms with E-state index in [0.717, 1.165) is 49.9 Å². The van der Waals surface area contributed by atoms with E-state index in [0.29, 0.717) is 18.9 Å². The van der Waals surface area contributed by atoms with Gasteiger partial charge in [0.2, 0.25) is 0 Å². The van der Waals surface area contributed by atoms with Gasteiger partial charge in [0.05, 0.1) is 16.8 Å². The maximum Gasteiger partial charge on any atom is 0.490 e. The minimum absolute atomic E-state index is 0.0394. The molecule has 35 heavy (non-hydrogen) atoms. The van der Waals surface area contributed by atoms with Crippen molar-refractivity contribution in [3.8, 4) is 0 Å². The van der Waals surface area contributed by atoms with E-state index < -0.39 is 34.0 Å². The number of alkyl halides is 3. The first-order chi connectivity index (χ1) is 16.3. The summed E-state index contributed by atoms with van der Waals surface area (Å²) in [6.45, 7) is 1.43. The first-order valence-corrected chi connectivity index (χ1v) is 11.9. The molecule has 1 aliphatic heterocycles. The van der Waals surface area contributed by atoms with Gasteiger partial charge >= 0.3 is 18.1 Å². The predicted molar refractivity (Wildman–Crippen MR) is 117 cm³/mol. The Morgan fingerprint density at radius 3 is 1.97 bits per heavy atom. The van der Waals surface area contributed by atoms with E-state index in [-0.39, 0.29) is 16.1 Å². The number of halogens is 4. The van der Waals surface area contributed by atoms with E-state index in [9.17, 15) is 35.9 Å². The van der Waals surface area contributed by atoms with Crippen LogP contribution < -0.4 is 9.62 Å². The number of anilines is 2. The Morgan fingerprint density at radius 2 is 1.49 bits per heavy atom. The molecular weight excluding hydrogens is 498 g/mol. The lowest BCUT2D eigenvalue weighted by molar-refractivity contribution is -0.192. The number of aromatic nitrogens is 1. The monoisotopic (exact) mass is 521 g/mol. The van der Waals surface area contributed by atoms with Crippen molar-refractivity contribution in [3.05, 3.63) is 47.9 Å². The molecule has 0 bridgehead atoms. The highest BCUT2D eigenvalue weighted by Gasteiger charge is 2.38. The van der Waals surface area contributed by atoms with Crippen molar-refractivity contribution in [1.82, 2.24) is 4.98 Å². The second kappa shape index (κ2) is 11.8. The average molecular weight is 521 g/mol. The van der Waals surface area contributed by atoms with Crippen LogP contribution in [0.5, 0.6) is 0 Å². The summed E-state index contributed by atoms with van der Waals surface area (Å²) in [5.41, 5.74) is -0.0163. The number of pyridine rings is 1. The summed E-state index contributed by atoms with van der Waals surface area (Å²) < 4.78 is 72.0. The van der Waals surface area contributed by atoms with Crippen molar-refractivity contribution in [1.29, 1.82) is 0 Å². The number of nitrogens with one attached hydrogen (secondary N) is 1. The molecule has 1 saturated heterocycles. The van der Waals surface area contributed by atoms with Gasteiger partial charge in [-0.05, 0) is 43.2 Å². The number of aromatic carboxylic acids is 1. The number of carboxylic acids is 2. The van der Waals surface area contributed by atoms with E-state index >= 15 is 0 Å². The molecule has 0 unspecified atom stereocenters. The standard InChI is InChI=1S/C19H22FN3O4S.C2HF3O2/c20-14-6-8-16(9-7-14)28(26,27)22-15-12-17(19(24)25)18(21-13-15)23-10-4-2-1-3-5-11-23;3-2(4,5)1(6)7/h6-9,12-13,22H,1-5,10-11H2,(H,24,25);(H,6,7). The number of aliphatic carboxylic acids is 1. The van der Waals surface area contributed by atoms with Crippen LogP contribution in [0.1, 0.15) is 42.5 Å². The van der Waals surface area contributed by atoms with Crippen molar-refractivity contribution in [2.24, 2.45) is 0 Å². The normalized spacial score (nSPS) is 14.7. The molecule has 0 saturated carbocycles.